The van der Waals surface area contributed by atoms with Crippen LogP contribution >= 0.6 is 0 Å². The summed E-state index contributed by atoms with van der Waals surface area (Å²) in [5, 5.41) is 0. The van der Waals surface area contributed by atoms with Crippen LogP contribution in [0.3, 0.4) is 0 Å². The number of carbonyl (C=O) groups excluding carboxylic acids is 2. The van der Waals surface area contributed by atoms with Crippen LogP contribution in [0.5, 0.6) is 0 Å². The van der Waals surface area contributed by atoms with Crippen molar-refractivity contribution in [2.45, 2.75) is 25.3 Å². The van der Waals surface area contributed by atoms with E-state index in [0.717, 1.165) is 12.2 Å². The zero-order valence-electron chi connectivity index (χ0n) is 18.5. The van der Waals surface area contributed by atoms with Crippen LogP contribution in [0, 0.1) is 0 Å². The molecule has 1 saturated heterocycles. The standard InChI is InChI=1S/C18H34N2O10/c1-23-17-18(24-2)19(17,25-3)11-7-13-29-15(21)9-10-16(22)30-14-8-12-20(26-4,27-5)28-6/h9-10,17-18H,7-8,11-14H2,1-6H3/q+2/b10-9+. The van der Waals surface area contributed by atoms with Crippen LogP contribution in [-0.4, -0.2) is 103 Å². The third kappa shape index (κ3) is 6.96. The Morgan fingerprint density at radius 1 is 0.800 bits per heavy atom. The molecule has 1 rings (SSSR count). The molecule has 0 aliphatic carbocycles. The molecule has 0 amide bonds. The summed E-state index contributed by atoms with van der Waals surface area (Å²) in [4.78, 5) is 43.6. The number of carbonyl (C=O) groups is 2. The van der Waals surface area contributed by atoms with E-state index in [2.05, 4.69) is 0 Å². The second kappa shape index (κ2) is 12.9. The maximum atomic E-state index is 11.7. The molecule has 0 radical (unpaired) electrons. The fraction of sp³-hybridized carbons (Fsp3) is 0.778. The molecule has 30 heavy (non-hydrogen) atoms. The summed E-state index contributed by atoms with van der Waals surface area (Å²) in [6.07, 6.45) is 2.59. The molecule has 0 bridgehead atoms. The van der Waals surface area contributed by atoms with Crippen LogP contribution in [0.4, 0.5) is 0 Å². The van der Waals surface area contributed by atoms with Crippen LogP contribution in [-0.2, 0) is 47.9 Å². The van der Waals surface area contributed by atoms with Gasteiger partial charge in [0.25, 0.3) is 0 Å². The molecule has 1 aliphatic rings. The van der Waals surface area contributed by atoms with Gasteiger partial charge in [0.15, 0.2) is 6.54 Å². The summed E-state index contributed by atoms with van der Waals surface area (Å²) >= 11 is 0. The van der Waals surface area contributed by atoms with Crippen LogP contribution in [0.15, 0.2) is 12.2 Å². The molecule has 2 atom stereocenters. The van der Waals surface area contributed by atoms with E-state index in [-0.39, 0.29) is 30.3 Å². The van der Waals surface area contributed by atoms with Gasteiger partial charge in [-0.25, -0.2) is 14.4 Å². The highest BCUT2D eigenvalue weighted by molar-refractivity contribution is 5.91. The highest BCUT2D eigenvalue weighted by Gasteiger charge is 2.71. The number of hydrogen-bond acceptors (Lipinski definition) is 10. The van der Waals surface area contributed by atoms with Crippen molar-refractivity contribution in [3.05, 3.63) is 12.2 Å². The first-order chi connectivity index (χ1) is 14.4. The smallest absolute Gasteiger partial charge is 0.331 e. The monoisotopic (exact) mass is 438 g/mol. The lowest BCUT2D eigenvalue weighted by atomic mass is 10.4. The molecule has 1 aliphatic heterocycles. The first kappa shape index (κ1) is 26.4. The minimum absolute atomic E-state index is 0.104. The molecular weight excluding hydrogens is 404 g/mol. The second-order valence-electron chi connectivity index (χ2n) is 6.27. The summed E-state index contributed by atoms with van der Waals surface area (Å²) < 4.78 is 20.9. The molecular formula is C18H34N2O10+2. The SMILES string of the molecule is COC1C(OC)[N+]1(CCCOC(=O)/C=C/C(=O)OCCC[N+](OC)(OC)OC)OC. The molecule has 12 heteroatoms. The molecule has 1 heterocycles. The first-order valence-electron chi connectivity index (χ1n) is 9.44. The van der Waals surface area contributed by atoms with Gasteiger partial charge in [0.2, 0.25) is 0 Å². The highest BCUT2D eigenvalue weighted by atomic mass is 17.2. The van der Waals surface area contributed by atoms with Gasteiger partial charge in [-0.3, -0.25) is 0 Å². The van der Waals surface area contributed by atoms with Crippen LogP contribution in [0.1, 0.15) is 12.8 Å². The Morgan fingerprint density at radius 3 is 1.67 bits per heavy atom. The third-order valence-corrected chi connectivity index (χ3v) is 4.75. The van der Waals surface area contributed by atoms with Crippen molar-refractivity contribution in [2.75, 3.05) is 69.0 Å². The van der Waals surface area contributed by atoms with E-state index in [1.807, 2.05) is 0 Å². The fourth-order valence-electron chi connectivity index (χ4n) is 3.09. The molecule has 1 fully saturated rings. The lowest BCUT2D eigenvalue weighted by Gasteiger charge is -2.24. The van der Waals surface area contributed by atoms with Crippen LogP contribution < -0.4 is 0 Å². The average molecular weight is 438 g/mol. The van der Waals surface area contributed by atoms with Crippen molar-refractivity contribution in [3.8, 4) is 0 Å². The average Bonchev–Trinajstić information content (AvgIpc) is 3.42. The van der Waals surface area contributed by atoms with Crippen LogP contribution in [0.2, 0.25) is 0 Å². The molecule has 0 aromatic heterocycles. The lowest BCUT2D eigenvalue weighted by Crippen LogP contribution is -2.45. The number of ether oxygens (including phenoxy) is 4. The normalized spacial score (nSPS) is 23.5. The molecule has 0 spiro atoms. The van der Waals surface area contributed by atoms with Gasteiger partial charge in [0.1, 0.15) is 27.9 Å². The van der Waals surface area contributed by atoms with Crippen molar-refractivity contribution >= 4 is 11.9 Å². The van der Waals surface area contributed by atoms with Gasteiger partial charge in [0, 0.05) is 39.2 Å². The minimum atomic E-state index is -0.656. The van der Waals surface area contributed by atoms with E-state index in [0.29, 0.717) is 25.9 Å². The summed E-state index contributed by atoms with van der Waals surface area (Å²) in [6.45, 7) is 1.13. The summed E-state index contributed by atoms with van der Waals surface area (Å²) in [7, 11) is 9.03. The van der Waals surface area contributed by atoms with Crippen molar-refractivity contribution in [3.63, 3.8) is 0 Å². The van der Waals surface area contributed by atoms with Gasteiger partial charge in [0.05, 0.1) is 25.3 Å². The van der Waals surface area contributed by atoms with E-state index in [1.165, 1.54) is 21.3 Å². The number of hydroxylamine groups is 6. The first-order valence-corrected chi connectivity index (χ1v) is 9.44. The van der Waals surface area contributed by atoms with E-state index >= 15 is 0 Å². The van der Waals surface area contributed by atoms with Gasteiger partial charge < -0.3 is 18.9 Å². The summed E-state index contributed by atoms with van der Waals surface area (Å²) in [6, 6.07) is 0. The molecule has 0 saturated carbocycles. The molecule has 174 valence electrons. The Morgan fingerprint density at radius 2 is 1.27 bits per heavy atom. The van der Waals surface area contributed by atoms with E-state index in [9.17, 15) is 9.59 Å². The Hall–Kier alpha value is -1.64. The van der Waals surface area contributed by atoms with Crippen molar-refractivity contribution in [1.29, 1.82) is 0 Å². The molecule has 12 nitrogen and oxygen atoms in total. The van der Waals surface area contributed by atoms with Crippen molar-refractivity contribution < 1.29 is 57.5 Å². The van der Waals surface area contributed by atoms with Crippen molar-refractivity contribution in [2.24, 2.45) is 0 Å². The maximum Gasteiger partial charge on any atom is 0.331 e. The number of quaternary nitrogens is 2. The Labute approximate surface area is 176 Å². The number of hydrogen-bond donors (Lipinski definition) is 0. The lowest BCUT2D eigenvalue weighted by molar-refractivity contribution is -1.36. The van der Waals surface area contributed by atoms with Crippen LogP contribution in [0.25, 0.3) is 0 Å². The van der Waals surface area contributed by atoms with E-state index in [1.54, 1.807) is 21.3 Å². The maximum absolute atomic E-state index is 11.7. The predicted molar refractivity (Wildman–Crippen MR) is 100 cm³/mol. The van der Waals surface area contributed by atoms with Gasteiger partial charge >= 0.3 is 24.4 Å². The number of nitrogens with zero attached hydrogens (tertiary/aromatic N) is 2. The third-order valence-electron chi connectivity index (χ3n) is 4.75. The summed E-state index contributed by atoms with van der Waals surface area (Å²) in [5.74, 6) is -1.29. The van der Waals surface area contributed by atoms with Gasteiger partial charge in [-0.1, -0.05) is 0 Å². The van der Waals surface area contributed by atoms with E-state index in [4.69, 9.17) is 38.3 Å². The van der Waals surface area contributed by atoms with Crippen molar-refractivity contribution in [1.82, 2.24) is 0 Å². The van der Waals surface area contributed by atoms with E-state index < -0.39 is 16.9 Å². The Balaban J connectivity index is 2.23. The van der Waals surface area contributed by atoms with Gasteiger partial charge in [-0.05, 0) is 0 Å². The fourth-order valence-corrected chi connectivity index (χ4v) is 3.09. The second-order valence-corrected chi connectivity index (χ2v) is 6.27. The minimum Gasteiger partial charge on any atom is -0.462 e. The topological polar surface area (TPSA) is 108 Å². The largest absolute Gasteiger partial charge is 0.462 e. The predicted octanol–water partition coefficient (Wildman–Crippen LogP) is 0.247. The molecule has 0 N–H and O–H groups in total. The zero-order chi connectivity index (χ0) is 22.6. The summed E-state index contributed by atoms with van der Waals surface area (Å²) in [5.41, 5.74) is 0. The number of rotatable bonds is 16. The molecule has 0 aromatic carbocycles. The zero-order valence-corrected chi connectivity index (χ0v) is 18.5. The number of esters is 2. The molecule has 2 unspecified atom stereocenters. The molecule has 0 aromatic rings. The highest BCUT2D eigenvalue weighted by Crippen LogP contribution is 2.41. The quantitative estimate of drug-likeness (QED) is 0.0831. The Kier molecular flexibility index (Phi) is 11.4. The Bertz CT molecular complexity index is 549. The number of methoxy groups -OCH3 is 2. The van der Waals surface area contributed by atoms with Gasteiger partial charge in [-0.15, -0.1) is 19.2 Å². The van der Waals surface area contributed by atoms with Gasteiger partial charge in [-0.2, -0.15) is 0 Å².